The summed E-state index contributed by atoms with van der Waals surface area (Å²) in [4.78, 5) is 23.7. The lowest BCUT2D eigenvalue weighted by Gasteiger charge is -2.07. The molecule has 4 nitrogen and oxygen atoms in total. The predicted molar refractivity (Wildman–Crippen MR) is 112 cm³/mol. The van der Waals surface area contributed by atoms with Crippen LogP contribution in [-0.2, 0) is 17.6 Å². The van der Waals surface area contributed by atoms with Crippen molar-refractivity contribution in [3.63, 3.8) is 0 Å². The monoisotopic (exact) mass is 393 g/mol. The summed E-state index contributed by atoms with van der Waals surface area (Å²) in [5, 5.41) is 7.25. The molecule has 0 saturated carbocycles. The van der Waals surface area contributed by atoms with Gasteiger partial charge in [0.1, 0.15) is 0 Å². The Balaban J connectivity index is 1.33. The molecule has 1 aromatic carbocycles. The van der Waals surface area contributed by atoms with Gasteiger partial charge in [0.2, 0.25) is 5.91 Å². The number of aryl methyl sites for hydroxylation is 1. The molecular formula is C21H19N3OS2. The lowest BCUT2D eigenvalue weighted by atomic mass is 10.1. The number of carbonyl (C=O) groups is 1. The van der Waals surface area contributed by atoms with E-state index < -0.39 is 0 Å². The second kappa shape index (κ2) is 7.98. The van der Waals surface area contributed by atoms with Crippen LogP contribution in [0.1, 0.15) is 15.4 Å². The summed E-state index contributed by atoms with van der Waals surface area (Å²) in [5.41, 5.74) is 2.90. The Morgan fingerprint density at radius 2 is 2.04 bits per heavy atom. The molecule has 0 spiro atoms. The van der Waals surface area contributed by atoms with E-state index in [0.717, 1.165) is 33.6 Å². The van der Waals surface area contributed by atoms with E-state index in [-0.39, 0.29) is 5.91 Å². The van der Waals surface area contributed by atoms with Gasteiger partial charge in [0.25, 0.3) is 0 Å². The van der Waals surface area contributed by atoms with Gasteiger partial charge in [0.05, 0.1) is 27.5 Å². The van der Waals surface area contributed by atoms with Crippen LogP contribution in [0.15, 0.2) is 54.0 Å². The number of benzene rings is 1. The van der Waals surface area contributed by atoms with E-state index >= 15 is 0 Å². The fraction of sp³-hybridized carbons (Fsp3) is 0.190. The number of hydrogen-bond donors (Lipinski definition) is 1. The molecule has 6 heteroatoms. The molecule has 1 amide bonds. The summed E-state index contributed by atoms with van der Waals surface area (Å²) in [6.45, 7) is 2.65. The summed E-state index contributed by atoms with van der Waals surface area (Å²) >= 11 is 3.40. The highest BCUT2D eigenvalue weighted by molar-refractivity contribution is 7.16. The zero-order valence-corrected chi connectivity index (χ0v) is 16.6. The highest BCUT2D eigenvalue weighted by atomic mass is 32.1. The number of aromatic nitrogens is 2. The third-order valence-electron chi connectivity index (χ3n) is 4.29. The topological polar surface area (TPSA) is 54.9 Å². The molecule has 27 heavy (non-hydrogen) atoms. The highest BCUT2D eigenvalue weighted by Gasteiger charge is 2.09. The van der Waals surface area contributed by atoms with E-state index in [0.29, 0.717) is 13.0 Å². The number of amides is 1. The minimum atomic E-state index is 0.0278. The van der Waals surface area contributed by atoms with Gasteiger partial charge in [-0.2, -0.15) is 0 Å². The summed E-state index contributed by atoms with van der Waals surface area (Å²) < 4.78 is 0. The van der Waals surface area contributed by atoms with Crippen molar-refractivity contribution in [2.45, 2.75) is 19.8 Å². The summed E-state index contributed by atoms with van der Waals surface area (Å²) in [6, 6.07) is 14.1. The van der Waals surface area contributed by atoms with E-state index in [1.165, 1.54) is 9.75 Å². The second-order valence-corrected chi connectivity index (χ2v) is 8.52. The lowest BCUT2D eigenvalue weighted by Crippen LogP contribution is -2.27. The van der Waals surface area contributed by atoms with Crippen LogP contribution in [0.4, 0.5) is 0 Å². The zero-order chi connectivity index (χ0) is 18.6. The van der Waals surface area contributed by atoms with Gasteiger partial charge in [-0.1, -0.05) is 24.3 Å². The van der Waals surface area contributed by atoms with Crippen molar-refractivity contribution in [1.82, 2.24) is 15.3 Å². The first-order valence-corrected chi connectivity index (χ1v) is 10.5. The van der Waals surface area contributed by atoms with Gasteiger partial charge in [0.15, 0.2) is 0 Å². The van der Waals surface area contributed by atoms with Gasteiger partial charge in [0, 0.05) is 28.4 Å². The van der Waals surface area contributed by atoms with Crippen LogP contribution < -0.4 is 5.32 Å². The highest BCUT2D eigenvalue weighted by Crippen LogP contribution is 2.29. The molecule has 0 atom stereocenters. The quantitative estimate of drug-likeness (QED) is 0.520. The number of nitrogens with zero attached hydrogens (tertiary/aromatic N) is 2. The van der Waals surface area contributed by atoms with Gasteiger partial charge < -0.3 is 5.32 Å². The number of nitrogens with one attached hydrogen (secondary N) is 1. The maximum absolute atomic E-state index is 12.3. The molecule has 3 aromatic heterocycles. The molecule has 0 aliphatic heterocycles. The van der Waals surface area contributed by atoms with Crippen molar-refractivity contribution in [2.24, 2.45) is 0 Å². The summed E-state index contributed by atoms with van der Waals surface area (Å²) in [7, 11) is 0. The first kappa shape index (κ1) is 17.8. The minimum Gasteiger partial charge on any atom is -0.355 e. The molecule has 4 aromatic rings. The lowest BCUT2D eigenvalue weighted by molar-refractivity contribution is -0.120. The van der Waals surface area contributed by atoms with Crippen molar-refractivity contribution in [3.05, 3.63) is 69.5 Å². The SMILES string of the molecule is Cc1nc(-c2ccc(CCNC(=O)Cc3cccc4cccnc34)s2)cs1. The zero-order valence-electron chi connectivity index (χ0n) is 14.9. The molecule has 0 bridgehead atoms. The molecule has 4 rings (SSSR count). The van der Waals surface area contributed by atoms with E-state index in [4.69, 9.17) is 0 Å². The number of thiophene rings is 1. The van der Waals surface area contributed by atoms with Crippen LogP contribution in [0.25, 0.3) is 21.5 Å². The van der Waals surface area contributed by atoms with Crippen LogP contribution in [0, 0.1) is 6.92 Å². The second-order valence-electron chi connectivity index (χ2n) is 6.29. The number of rotatable bonds is 6. The third kappa shape index (κ3) is 4.23. The molecule has 1 N–H and O–H groups in total. The Labute approximate surface area is 165 Å². The van der Waals surface area contributed by atoms with Crippen molar-refractivity contribution in [2.75, 3.05) is 6.54 Å². The third-order valence-corrected chi connectivity index (χ3v) is 6.24. The van der Waals surface area contributed by atoms with Crippen molar-refractivity contribution in [1.29, 1.82) is 0 Å². The van der Waals surface area contributed by atoms with Gasteiger partial charge in [-0.15, -0.1) is 22.7 Å². The minimum absolute atomic E-state index is 0.0278. The summed E-state index contributed by atoms with van der Waals surface area (Å²) in [6.07, 6.45) is 2.94. The van der Waals surface area contributed by atoms with E-state index in [2.05, 4.69) is 32.8 Å². The fourth-order valence-electron chi connectivity index (χ4n) is 3.00. The first-order valence-electron chi connectivity index (χ1n) is 8.79. The molecule has 0 radical (unpaired) electrons. The number of fused-ring (bicyclic) bond motifs is 1. The Bertz CT molecular complexity index is 1080. The first-order chi connectivity index (χ1) is 13.2. The van der Waals surface area contributed by atoms with Crippen molar-refractivity contribution >= 4 is 39.5 Å². The fourth-order valence-corrected chi connectivity index (χ4v) is 4.65. The maximum atomic E-state index is 12.3. The van der Waals surface area contributed by atoms with E-state index in [1.54, 1.807) is 28.9 Å². The van der Waals surface area contributed by atoms with Crippen molar-refractivity contribution < 1.29 is 4.79 Å². The van der Waals surface area contributed by atoms with Gasteiger partial charge in [-0.05, 0) is 37.1 Å². The van der Waals surface area contributed by atoms with E-state index in [9.17, 15) is 4.79 Å². The number of hydrogen-bond acceptors (Lipinski definition) is 5. The standard InChI is InChI=1S/C21H19N3OS2/c1-14-24-18(13-26-14)19-8-7-17(27-19)9-11-22-20(25)12-16-5-2-4-15-6-3-10-23-21(15)16/h2-8,10,13H,9,11-12H2,1H3,(H,22,25). The largest absolute Gasteiger partial charge is 0.355 e. The number of para-hydroxylation sites is 1. The molecule has 0 aliphatic rings. The Morgan fingerprint density at radius 1 is 1.15 bits per heavy atom. The number of thiazole rings is 1. The number of pyridine rings is 1. The molecule has 0 unspecified atom stereocenters. The Kier molecular flexibility index (Phi) is 5.27. The smallest absolute Gasteiger partial charge is 0.224 e. The average Bonchev–Trinajstić information content (AvgIpc) is 3.31. The predicted octanol–water partition coefficient (Wildman–Crippen LogP) is 4.63. The number of carbonyl (C=O) groups excluding carboxylic acids is 1. The normalized spacial score (nSPS) is 11.0. The van der Waals surface area contributed by atoms with Crippen LogP contribution in [0.2, 0.25) is 0 Å². The molecular weight excluding hydrogens is 374 g/mol. The van der Waals surface area contributed by atoms with Crippen LogP contribution in [0.5, 0.6) is 0 Å². The average molecular weight is 394 g/mol. The van der Waals surface area contributed by atoms with Crippen LogP contribution >= 0.6 is 22.7 Å². The van der Waals surface area contributed by atoms with Crippen LogP contribution in [-0.4, -0.2) is 22.4 Å². The molecule has 136 valence electrons. The molecule has 0 saturated heterocycles. The molecule has 0 aliphatic carbocycles. The van der Waals surface area contributed by atoms with E-state index in [1.807, 2.05) is 37.3 Å². The van der Waals surface area contributed by atoms with Crippen molar-refractivity contribution in [3.8, 4) is 10.6 Å². The van der Waals surface area contributed by atoms with Crippen LogP contribution in [0.3, 0.4) is 0 Å². The summed E-state index contributed by atoms with van der Waals surface area (Å²) in [5.74, 6) is 0.0278. The van der Waals surface area contributed by atoms with Gasteiger partial charge in [-0.25, -0.2) is 4.98 Å². The maximum Gasteiger partial charge on any atom is 0.224 e. The Morgan fingerprint density at radius 3 is 2.89 bits per heavy atom. The van der Waals surface area contributed by atoms with Gasteiger partial charge in [-0.3, -0.25) is 9.78 Å². The Hall–Kier alpha value is -2.57. The molecule has 3 heterocycles. The van der Waals surface area contributed by atoms with Gasteiger partial charge >= 0.3 is 0 Å². The molecule has 0 fully saturated rings.